The van der Waals surface area contributed by atoms with Gasteiger partial charge in [0.15, 0.2) is 5.60 Å². The van der Waals surface area contributed by atoms with Crippen LogP contribution in [0.2, 0.25) is 0 Å². The molecule has 0 aliphatic heterocycles. The Morgan fingerprint density at radius 1 is 1.25 bits per heavy atom. The zero-order valence-electron chi connectivity index (χ0n) is 8.97. The Labute approximate surface area is 91.3 Å². The minimum absolute atomic E-state index is 0.210. The molecule has 90 valence electrons. The van der Waals surface area contributed by atoms with Crippen LogP contribution in [-0.4, -0.2) is 16.4 Å². The second kappa shape index (κ2) is 3.97. The third kappa shape index (κ3) is 1.87. The molecule has 1 aromatic carbocycles. The molecular formula is C11H13F3O2. The third-order valence-corrected chi connectivity index (χ3v) is 2.65. The SMILES string of the molecule is CCC(O)(c1c(C)cccc1O)C(F)(F)F. The quantitative estimate of drug-likeness (QED) is 0.826. The molecular weight excluding hydrogens is 221 g/mol. The molecule has 0 aliphatic rings. The monoisotopic (exact) mass is 234 g/mol. The Bertz CT molecular complexity index is 367. The Morgan fingerprint density at radius 2 is 1.81 bits per heavy atom. The molecule has 0 aliphatic carbocycles. The van der Waals surface area contributed by atoms with Crippen LogP contribution in [0.15, 0.2) is 18.2 Å². The van der Waals surface area contributed by atoms with Crippen molar-refractivity contribution in [1.82, 2.24) is 0 Å². The number of halogens is 3. The molecule has 0 saturated carbocycles. The van der Waals surface area contributed by atoms with Crippen LogP contribution in [0.25, 0.3) is 0 Å². The van der Waals surface area contributed by atoms with Gasteiger partial charge in [0.25, 0.3) is 0 Å². The average Bonchev–Trinajstić information content (AvgIpc) is 2.15. The van der Waals surface area contributed by atoms with Gasteiger partial charge in [-0.3, -0.25) is 0 Å². The molecule has 0 fully saturated rings. The highest BCUT2D eigenvalue weighted by molar-refractivity contribution is 5.43. The number of alkyl halides is 3. The summed E-state index contributed by atoms with van der Waals surface area (Å²) in [6.45, 7) is 2.64. The Morgan fingerprint density at radius 3 is 2.19 bits per heavy atom. The first-order valence-electron chi connectivity index (χ1n) is 4.82. The number of benzene rings is 1. The molecule has 2 nitrogen and oxygen atoms in total. The standard InChI is InChI=1S/C11H13F3O2/c1-3-10(16,11(12,13)14)9-7(2)5-4-6-8(9)15/h4-6,15-16H,3H2,1-2H3. The van der Waals surface area contributed by atoms with Gasteiger partial charge in [-0.1, -0.05) is 19.1 Å². The number of rotatable bonds is 2. The second-order valence-corrected chi connectivity index (χ2v) is 3.68. The summed E-state index contributed by atoms with van der Waals surface area (Å²) in [4.78, 5) is 0. The fraction of sp³-hybridized carbons (Fsp3) is 0.455. The molecule has 1 aromatic rings. The van der Waals surface area contributed by atoms with E-state index in [0.29, 0.717) is 0 Å². The van der Waals surface area contributed by atoms with Crippen LogP contribution in [-0.2, 0) is 5.60 Å². The van der Waals surface area contributed by atoms with E-state index in [4.69, 9.17) is 0 Å². The fourth-order valence-electron chi connectivity index (χ4n) is 1.71. The lowest BCUT2D eigenvalue weighted by Crippen LogP contribution is -2.42. The Balaban J connectivity index is 3.46. The van der Waals surface area contributed by atoms with E-state index in [1.807, 2.05) is 0 Å². The van der Waals surface area contributed by atoms with Gasteiger partial charge >= 0.3 is 6.18 Å². The van der Waals surface area contributed by atoms with Crippen LogP contribution in [0.5, 0.6) is 5.75 Å². The van der Waals surface area contributed by atoms with Gasteiger partial charge in [-0.15, -0.1) is 0 Å². The second-order valence-electron chi connectivity index (χ2n) is 3.68. The van der Waals surface area contributed by atoms with Gasteiger partial charge in [0.2, 0.25) is 0 Å². The predicted molar refractivity (Wildman–Crippen MR) is 53.1 cm³/mol. The van der Waals surface area contributed by atoms with Crippen LogP contribution in [0, 0.1) is 6.92 Å². The van der Waals surface area contributed by atoms with Gasteiger partial charge in [0.05, 0.1) is 0 Å². The highest BCUT2D eigenvalue weighted by atomic mass is 19.4. The summed E-state index contributed by atoms with van der Waals surface area (Å²) < 4.78 is 38.4. The Kier molecular flexibility index (Phi) is 3.19. The van der Waals surface area contributed by atoms with Gasteiger partial charge in [-0.25, -0.2) is 0 Å². The van der Waals surface area contributed by atoms with Crippen molar-refractivity contribution in [2.24, 2.45) is 0 Å². The number of hydrogen-bond donors (Lipinski definition) is 2. The van der Waals surface area contributed by atoms with E-state index in [-0.39, 0.29) is 5.56 Å². The van der Waals surface area contributed by atoms with E-state index >= 15 is 0 Å². The van der Waals surface area contributed by atoms with Crippen molar-refractivity contribution >= 4 is 0 Å². The summed E-state index contributed by atoms with van der Waals surface area (Å²) in [7, 11) is 0. The minimum atomic E-state index is -4.81. The van der Waals surface area contributed by atoms with Gasteiger partial charge in [0, 0.05) is 5.56 Å². The number of aliphatic hydroxyl groups is 1. The van der Waals surface area contributed by atoms with Crippen LogP contribution in [0.3, 0.4) is 0 Å². The molecule has 5 heteroatoms. The maximum absolute atomic E-state index is 12.8. The van der Waals surface area contributed by atoms with Crippen molar-refractivity contribution < 1.29 is 23.4 Å². The van der Waals surface area contributed by atoms with Crippen LogP contribution < -0.4 is 0 Å². The third-order valence-electron chi connectivity index (χ3n) is 2.65. The largest absolute Gasteiger partial charge is 0.508 e. The summed E-state index contributed by atoms with van der Waals surface area (Å²) in [5.74, 6) is -0.540. The molecule has 1 rings (SSSR count). The lowest BCUT2D eigenvalue weighted by molar-refractivity contribution is -0.268. The number of aromatic hydroxyl groups is 1. The number of phenols is 1. The molecule has 16 heavy (non-hydrogen) atoms. The summed E-state index contributed by atoms with van der Waals surface area (Å²) in [6, 6.07) is 3.98. The van der Waals surface area contributed by atoms with Gasteiger partial charge in [-0.2, -0.15) is 13.2 Å². The van der Waals surface area contributed by atoms with Gasteiger partial charge < -0.3 is 10.2 Å². The molecule has 0 saturated heterocycles. The maximum atomic E-state index is 12.8. The molecule has 0 spiro atoms. The number of hydrogen-bond acceptors (Lipinski definition) is 2. The number of phenolic OH excluding ortho intramolecular Hbond substituents is 1. The first-order valence-corrected chi connectivity index (χ1v) is 4.82. The average molecular weight is 234 g/mol. The van der Waals surface area contributed by atoms with E-state index in [2.05, 4.69) is 0 Å². The fourth-order valence-corrected chi connectivity index (χ4v) is 1.71. The molecule has 0 radical (unpaired) electrons. The lowest BCUT2D eigenvalue weighted by atomic mass is 9.86. The molecule has 0 aromatic heterocycles. The molecule has 1 atom stereocenters. The normalized spacial score (nSPS) is 15.9. The predicted octanol–water partition coefficient (Wildman–Crippen LogP) is 2.86. The van der Waals surface area contributed by atoms with Crippen LogP contribution in [0.1, 0.15) is 24.5 Å². The highest BCUT2D eigenvalue weighted by Gasteiger charge is 2.55. The first-order chi connectivity index (χ1) is 7.24. The van der Waals surface area contributed by atoms with Crippen molar-refractivity contribution in [3.63, 3.8) is 0 Å². The van der Waals surface area contributed by atoms with Crippen molar-refractivity contribution in [1.29, 1.82) is 0 Å². The highest BCUT2D eigenvalue weighted by Crippen LogP contribution is 2.45. The summed E-state index contributed by atoms with van der Waals surface area (Å²) in [5, 5.41) is 19.2. The molecule has 0 bridgehead atoms. The topological polar surface area (TPSA) is 40.5 Å². The lowest BCUT2D eigenvalue weighted by Gasteiger charge is -2.31. The summed E-state index contributed by atoms with van der Waals surface area (Å²) in [6.07, 6.45) is -5.36. The zero-order chi connectivity index (χ0) is 12.6. The van der Waals surface area contributed by atoms with Crippen molar-refractivity contribution in [2.75, 3.05) is 0 Å². The van der Waals surface area contributed by atoms with Crippen LogP contribution in [0.4, 0.5) is 13.2 Å². The Hall–Kier alpha value is -1.23. The van der Waals surface area contributed by atoms with Crippen molar-refractivity contribution in [2.45, 2.75) is 32.0 Å². The first kappa shape index (κ1) is 12.8. The zero-order valence-corrected chi connectivity index (χ0v) is 8.97. The smallest absolute Gasteiger partial charge is 0.421 e. The molecule has 0 amide bonds. The van der Waals surface area contributed by atoms with E-state index in [1.165, 1.54) is 26.0 Å². The van der Waals surface area contributed by atoms with E-state index in [1.54, 1.807) is 0 Å². The van der Waals surface area contributed by atoms with Crippen molar-refractivity contribution in [3.8, 4) is 5.75 Å². The molecule has 0 heterocycles. The number of aryl methyl sites for hydroxylation is 1. The van der Waals surface area contributed by atoms with Crippen LogP contribution >= 0.6 is 0 Å². The van der Waals surface area contributed by atoms with Gasteiger partial charge in [-0.05, 0) is 25.0 Å². The van der Waals surface area contributed by atoms with E-state index in [9.17, 15) is 23.4 Å². The van der Waals surface area contributed by atoms with E-state index < -0.39 is 29.5 Å². The molecule has 2 N–H and O–H groups in total. The van der Waals surface area contributed by atoms with Gasteiger partial charge in [0.1, 0.15) is 5.75 Å². The molecule has 1 unspecified atom stereocenters. The minimum Gasteiger partial charge on any atom is -0.508 e. The maximum Gasteiger partial charge on any atom is 0.421 e. The summed E-state index contributed by atoms with van der Waals surface area (Å²) in [5.41, 5.74) is -3.26. The summed E-state index contributed by atoms with van der Waals surface area (Å²) >= 11 is 0. The van der Waals surface area contributed by atoms with E-state index in [0.717, 1.165) is 6.07 Å². The van der Waals surface area contributed by atoms with Crippen molar-refractivity contribution in [3.05, 3.63) is 29.3 Å².